The van der Waals surface area contributed by atoms with Crippen LogP contribution in [-0.2, 0) is 0 Å². The fraction of sp³-hybridized carbons (Fsp3) is 0.333. The maximum Gasteiger partial charge on any atom is 0.412 e. The van der Waals surface area contributed by atoms with Crippen molar-refractivity contribution in [1.82, 2.24) is 14.7 Å². The molecule has 0 unspecified atom stereocenters. The third-order valence-corrected chi connectivity index (χ3v) is 3.51. The molecule has 0 fully saturated rings. The zero-order chi connectivity index (χ0) is 13.9. The van der Waals surface area contributed by atoms with Crippen molar-refractivity contribution in [1.29, 1.82) is 0 Å². The topological polar surface area (TPSA) is 55.6 Å². The molecule has 0 saturated carbocycles. The van der Waals surface area contributed by atoms with E-state index in [4.69, 9.17) is 4.74 Å². The zero-order valence-corrected chi connectivity index (χ0v) is 11.4. The van der Waals surface area contributed by atoms with Crippen molar-refractivity contribution in [3.8, 4) is 5.75 Å². The fourth-order valence-corrected chi connectivity index (χ4v) is 2.49. The molecular weight excluding hydrogens is 254 g/mol. The monoisotopic (exact) mass is 271 g/mol. The smallest absolute Gasteiger partial charge is 0.409 e. The Morgan fingerprint density at radius 2 is 2.30 bits per heavy atom. The standard InChI is InChI=1S/C15H17N3O2/c1-16-15(19)20-12-7-8-14-17-9-13(18(14)10-12)11-5-3-2-4-6-11/h5,7-10H,2-4,6H2,1H3,(H,16,19). The summed E-state index contributed by atoms with van der Waals surface area (Å²) in [6, 6.07) is 3.60. The summed E-state index contributed by atoms with van der Waals surface area (Å²) in [5, 5.41) is 2.44. The highest BCUT2D eigenvalue weighted by molar-refractivity contribution is 5.70. The number of fused-ring (bicyclic) bond motifs is 1. The Kier molecular flexibility index (Phi) is 3.41. The van der Waals surface area contributed by atoms with Gasteiger partial charge in [-0.1, -0.05) is 6.08 Å². The number of carbonyl (C=O) groups is 1. The van der Waals surface area contributed by atoms with E-state index in [1.807, 2.05) is 22.9 Å². The Hall–Kier alpha value is -2.30. The summed E-state index contributed by atoms with van der Waals surface area (Å²) < 4.78 is 7.15. The normalized spacial score (nSPS) is 14.9. The van der Waals surface area contributed by atoms with E-state index in [1.165, 1.54) is 25.5 Å². The van der Waals surface area contributed by atoms with Gasteiger partial charge < -0.3 is 10.1 Å². The average Bonchev–Trinajstić information content (AvgIpc) is 2.91. The van der Waals surface area contributed by atoms with E-state index >= 15 is 0 Å². The summed E-state index contributed by atoms with van der Waals surface area (Å²) in [6.45, 7) is 0. The number of hydrogen-bond acceptors (Lipinski definition) is 3. The van der Waals surface area contributed by atoms with E-state index in [0.717, 1.165) is 24.2 Å². The van der Waals surface area contributed by atoms with E-state index in [2.05, 4.69) is 16.4 Å². The van der Waals surface area contributed by atoms with E-state index in [-0.39, 0.29) is 0 Å². The van der Waals surface area contributed by atoms with Gasteiger partial charge in [-0.25, -0.2) is 9.78 Å². The Balaban J connectivity index is 1.99. The number of carbonyl (C=O) groups excluding carboxylic acids is 1. The van der Waals surface area contributed by atoms with Crippen molar-refractivity contribution in [3.05, 3.63) is 36.3 Å². The maximum absolute atomic E-state index is 11.3. The van der Waals surface area contributed by atoms with E-state index < -0.39 is 6.09 Å². The van der Waals surface area contributed by atoms with Gasteiger partial charge in [0, 0.05) is 7.05 Å². The van der Waals surface area contributed by atoms with Crippen molar-refractivity contribution >= 4 is 17.3 Å². The van der Waals surface area contributed by atoms with Crippen LogP contribution in [0.3, 0.4) is 0 Å². The molecular formula is C15H17N3O2. The first-order valence-corrected chi connectivity index (χ1v) is 6.84. The molecule has 1 N–H and O–H groups in total. The summed E-state index contributed by atoms with van der Waals surface area (Å²) >= 11 is 0. The number of hydrogen-bond donors (Lipinski definition) is 1. The van der Waals surface area contributed by atoms with Crippen molar-refractivity contribution < 1.29 is 9.53 Å². The zero-order valence-electron chi connectivity index (χ0n) is 11.4. The molecule has 5 nitrogen and oxygen atoms in total. The second-order valence-electron chi connectivity index (χ2n) is 4.85. The highest BCUT2D eigenvalue weighted by atomic mass is 16.6. The molecule has 20 heavy (non-hydrogen) atoms. The molecule has 0 saturated heterocycles. The quantitative estimate of drug-likeness (QED) is 0.913. The molecule has 3 rings (SSSR count). The minimum atomic E-state index is -0.470. The Labute approximate surface area is 117 Å². The third kappa shape index (κ3) is 2.39. The van der Waals surface area contributed by atoms with Gasteiger partial charge in [0.25, 0.3) is 0 Å². The predicted molar refractivity (Wildman–Crippen MR) is 76.7 cm³/mol. The highest BCUT2D eigenvalue weighted by Gasteiger charge is 2.12. The number of imidazole rings is 1. The summed E-state index contributed by atoms with van der Waals surface area (Å²) in [5.41, 5.74) is 3.26. The van der Waals surface area contributed by atoms with Gasteiger partial charge in [-0.15, -0.1) is 0 Å². The van der Waals surface area contributed by atoms with Crippen LogP contribution in [0.15, 0.2) is 30.6 Å². The van der Waals surface area contributed by atoms with Gasteiger partial charge in [0.15, 0.2) is 0 Å². The Morgan fingerprint density at radius 1 is 1.40 bits per heavy atom. The molecule has 1 aliphatic rings. The summed E-state index contributed by atoms with van der Waals surface area (Å²) in [5.74, 6) is 0.507. The van der Waals surface area contributed by atoms with Crippen LogP contribution in [0, 0.1) is 0 Å². The van der Waals surface area contributed by atoms with Gasteiger partial charge in [-0.05, 0) is 43.4 Å². The number of rotatable bonds is 2. The minimum absolute atomic E-state index is 0.470. The highest BCUT2D eigenvalue weighted by Crippen LogP contribution is 2.28. The second-order valence-corrected chi connectivity index (χ2v) is 4.85. The molecule has 0 bridgehead atoms. The summed E-state index contributed by atoms with van der Waals surface area (Å²) in [4.78, 5) is 15.7. The molecule has 104 valence electrons. The van der Waals surface area contributed by atoms with Gasteiger partial charge in [0.2, 0.25) is 0 Å². The number of nitrogens with zero attached hydrogens (tertiary/aromatic N) is 2. The van der Waals surface area contributed by atoms with E-state index in [0.29, 0.717) is 5.75 Å². The molecule has 5 heteroatoms. The van der Waals surface area contributed by atoms with Crippen LogP contribution in [0.25, 0.3) is 11.2 Å². The van der Waals surface area contributed by atoms with Gasteiger partial charge in [0.05, 0.1) is 18.1 Å². The molecule has 1 amide bonds. The summed E-state index contributed by atoms with van der Waals surface area (Å²) in [6.07, 6.45) is 10.2. The molecule has 0 spiro atoms. The predicted octanol–water partition coefficient (Wildman–Crippen LogP) is 3.01. The van der Waals surface area contributed by atoms with Crippen molar-refractivity contribution in [2.75, 3.05) is 7.05 Å². The average molecular weight is 271 g/mol. The van der Waals surface area contributed by atoms with Crippen molar-refractivity contribution in [3.63, 3.8) is 0 Å². The molecule has 0 aliphatic heterocycles. The maximum atomic E-state index is 11.3. The largest absolute Gasteiger partial charge is 0.412 e. The molecule has 0 atom stereocenters. The lowest BCUT2D eigenvalue weighted by atomic mass is 9.97. The first-order chi connectivity index (χ1) is 9.78. The van der Waals surface area contributed by atoms with Gasteiger partial charge in [-0.2, -0.15) is 0 Å². The van der Waals surface area contributed by atoms with E-state index in [1.54, 1.807) is 6.07 Å². The fourth-order valence-electron chi connectivity index (χ4n) is 2.49. The van der Waals surface area contributed by atoms with Crippen LogP contribution in [0.1, 0.15) is 31.4 Å². The number of allylic oxidation sites excluding steroid dienone is 2. The van der Waals surface area contributed by atoms with Crippen LogP contribution in [0.4, 0.5) is 4.79 Å². The van der Waals surface area contributed by atoms with Gasteiger partial charge >= 0.3 is 6.09 Å². The lowest BCUT2D eigenvalue weighted by Gasteiger charge is -2.12. The van der Waals surface area contributed by atoms with Gasteiger partial charge in [-0.3, -0.25) is 4.40 Å². The third-order valence-electron chi connectivity index (χ3n) is 3.51. The van der Waals surface area contributed by atoms with Crippen LogP contribution in [0.5, 0.6) is 5.75 Å². The summed E-state index contributed by atoms with van der Waals surface area (Å²) in [7, 11) is 1.54. The molecule has 0 radical (unpaired) electrons. The number of pyridine rings is 1. The molecule has 2 aromatic rings. The lowest BCUT2D eigenvalue weighted by molar-refractivity contribution is 0.202. The lowest BCUT2D eigenvalue weighted by Crippen LogP contribution is -2.22. The van der Waals surface area contributed by atoms with Crippen LogP contribution in [0.2, 0.25) is 0 Å². The molecule has 1 aliphatic carbocycles. The molecule has 2 aromatic heterocycles. The number of amides is 1. The minimum Gasteiger partial charge on any atom is -0.409 e. The Bertz CT molecular complexity index is 673. The van der Waals surface area contributed by atoms with Gasteiger partial charge in [0.1, 0.15) is 11.4 Å². The number of aromatic nitrogens is 2. The van der Waals surface area contributed by atoms with Crippen molar-refractivity contribution in [2.24, 2.45) is 0 Å². The van der Waals surface area contributed by atoms with E-state index in [9.17, 15) is 4.79 Å². The molecule has 2 heterocycles. The van der Waals surface area contributed by atoms with Crippen LogP contribution in [-0.4, -0.2) is 22.5 Å². The van der Waals surface area contributed by atoms with Crippen LogP contribution >= 0.6 is 0 Å². The SMILES string of the molecule is CNC(=O)Oc1ccc2ncc(C3=CCCCC3)n2c1. The number of nitrogens with one attached hydrogen (secondary N) is 1. The molecule has 0 aromatic carbocycles. The second kappa shape index (κ2) is 5.36. The first-order valence-electron chi connectivity index (χ1n) is 6.84. The Morgan fingerprint density at radius 3 is 3.05 bits per heavy atom. The van der Waals surface area contributed by atoms with Crippen LogP contribution < -0.4 is 10.1 Å². The number of ether oxygens (including phenoxy) is 1. The van der Waals surface area contributed by atoms with Crippen molar-refractivity contribution in [2.45, 2.75) is 25.7 Å². The first kappa shape index (κ1) is 12.7.